The molecule has 0 aliphatic heterocycles. The van der Waals surface area contributed by atoms with Crippen molar-refractivity contribution in [2.45, 2.75) is 25.3 Å². The number of hydrogen-bond acceptors (Lipinski definition) is 4. The molecule has 1 aromatic heterocycles. The smallest absolute Gasteiger partial charge is 0.266 e. The number of nitrogens with zero attached hydrogens (tertiary/aromatic N) is 2. The summed E-state index contributed by atoms with van der Waals surface area (Å²) in [6, 6.07) is 13.6. The Morgan fingerprint density at radius 1 is 1.00 bits per heavy atom. The van der Waals surface area contributed by atoms with Crippen molar-refractivity contribution in [3.05, 3.63) is 81.9 Å². The highest BCUT2D eigenvalue weighted by Crippen LogP contribution is 2.16. The molecule has 0 aliphatic carbocycles. The van der Waals surface area contributed by atoms with Gasteiger partial charge in [-0.05, 0) is 67.4 Å². The van der Waals surface area contributed by atoms with Crippen LogP contribution in [0.3, 0.4) is 0 Å². The van der Waals surface area contributed by atoms with Gasteiger partial charge in [0.25, 0.3) is 5.56 Å². The molecule has 0 saturated heterocycles. The summed E-state index contributed by atoms with van der Waals surface area (Å²) in [4.78, 5) is 12.2. The highest BCUT2D eigenvalue weighted by atomic mass is 32.2. The Kier molecular flexibility index (Phi) is 5.71. The van der Waals surface area contributed by atoms with Crippen molar-refractivity contribution in [3.63, 3.8) is 0 Å². The molecule has 146 valence electrons. The van der Waals surface area contributed by atoms with Gasteiger partial charge in [0, 0.05) is 18.2 Å². The lowest BCUT2D eigenvalue weighted by Crippen LogP contribution is -2.32. The predicted molar refractivity (Wildman–Crippen MR) is 105 cm³/mol. The van der Waals surface area contributed by atoms with E-state index in [0.29, 0.717) is 11.3 Å². The van der Waals surface area contributed by atoms with E-state index in [1.54, 1.807) is 36.4 Å². The Morgan fingerprint density at radius 2 is 1.71 bits per heavy atom. The van der Waals surface area contributed by atoms with Gasteiger partial charge in [-0.15, -0.1) is 0 Å². The molecule has 1 N–H and O–H groups in total. The molecule has 2 aromatic carbocycles. The average Bonchev–Trinajstić information content (AvgIpc) is 2.66. The molecule has 0 bridgehead atoms. The summed E-state index contributed by atoms with van der Waals surface area (Å²) in [7, 11) is -3.68. The second-order valence-corrected chi connectivity index (χ2v) is 8.20. The molecule has 0 unspecified atom stereocenters. The molecule has 1 heterocycles. The van der Waals surface area contributed by atoms with Crippen LogP contribution in [0.25, 0.3) is 11.3 Å². The van der Waals surface area contributed by atoms with Crippen molar-refractivity contribution < 1.29 is 12.8 Å². The van der Waals surface area contributed by atoms with E-state index < -0.39 is 10.0 Å². The zero-order valence-electron chi connectivity index (χ0n) is 15.5. The fraction of sp³-hybridized carbons (Fsp3) is 0.200. The normalized spacial score (nSPS) is 11.5. The number of aryl methyl sites for hydroxylation is 2. The number of sulfonamides is 1. The highest BCUT2D eigenvalue weighted by Gasteiger charge is 2.14. The molecule has 0 atom stereocenters. The van der Waals surface area contributed by atoms with E-state index in [0.717, 1.165) is 11.1 Å². The number of halogens is 1. The fourth-order valence-electron chi connectivity index (χ4n) is 2.63. The lowest BCUT2D eigenvalue weighted by atomic mass is 10.1. The topological polar surface area (TPSA) is 81.1 Å². The Bertz CT molecular complexity index is 1160. The van der Waals surface area contributed by atoms with Gasteiger partial charge in [-0.2, -0.15) is 5.10 Å². The maximum Gasteiger partial charge on any atom is 0.266 e. The maximum absolute atomic E-state index is 13.1. The summed E-state index contributed by atoms with van der Waals surface area (Å²) < 4.78 is 41.6. The molecule has 0 spiro atoms. The van der Waals surface area contributed by atoms with Crippen molar-refractivity contribution in [2.75, 3.05) is 6.54 Å². The average molecular weight is 401 g/mol. The molecule has 28 heavy (non-hydrogen) atoms. The van der Waals surface area contributed by atoms with Crippen molar-refractivity contribution in [2.24, 2.45) is 0 Å². The predicted octanol–water partition coefficient (Wildman–Crippen LogP) is 2.64. The first-order valence-electron chi connectivity index (χ1n) is 8.67. The zero-order valence-corrected chi connectivity index (χ0v) is 16.3. The van der Waals surface area contributed by atoms with Crippen LogP contribution in [0, 0.1) is 19.7 Å². The minimum atomic E-state index is -3.68. The monoisotopic (exact) mass is 401 g/mol. The molecule has 6 nitrogen and oxygen atoms in total. The molecule has 0 aliphatic rings. The number of benzene rings is 2. The van der Waals surface area contributed by atoms with Crippen LogP contribution in [-0.4, -0.2) is 24.7 Å². The van der Waals surface area contributed by atoms with E-state index >= 15 is 0 Å². The van der Waals surface area contributed by atoms with E-state index in [4.69, 9.17) is 0 Å². The molecule has 0 radical (unpaired) electrons. The van der Waals surface area contributed by atoms with Crippen LogP contribution < -0.4 is 10.3 Å². The number of hydrogen-bond donors (Lipinski definition) is 1. The quantitative estimate of drug-likeness (QED) is 0.689. The van der Waals surface area contributed by atoms with Crippen LogP contribution in [0.15, 0.2) is 64.3 Å². The van der Waals surface area contributed by atoms with E-state index in [1.807, 2.05) is 13.8 Å². The van der Waals surface area contributed by atoms with Gasteiger partial charge in [0.05, 0.1) is 17.1 Å². The maximum atomic E-state index is 13.1. The Morgan fingerprint density at radius 3 is 2.39 bits per heavy atom. The first-order chi connectivity index (χ1) is 13.3. The summed E-state index contributed by atoms with van der Waals surface area (Å²) in [5, 5.41) is 4.24. The van der Waals surface area contributed by atoms with E-state index in [2.05, 4.69) is 9.82 Å². The first kappa shape index (κ1) is 19.9. The largest absolute Gasteiger partial charge is 0.268 e. The third-order valence-corrected chi connectivity index (χ3v) is 5.87. The molecule has 3 rings (SSSR count). The van der Waals surface area contributed by atoms with Crippen LogP contribution >= 0.6 is 0 Å². The molecule has 8 heteroatoms. The summed E-state index contributed by atoms with van der Waals surface area (Å²) in [6.45, 7) is 3.83. The van der Waals surface area contributed by atoms with Gasteiger partial charge in [0.2, 0.25) is 10.0 Å². The minimum Gasteiger partial charge on any atom is -0.268 e. The third-order valence-electron chi connectivity index (χ3n) is 4.41. The number of nitrogens with one attached hydrogen (secondary N) is 1. The van der Waals surface area contributed by atoms with E-state index in [-0.39, 0.29) is 29.4 Å². The van der Waals surface area contributed by atoms with Gasteiger partial charge in [0.1, 0.15) is 5.82 Å². The van der Waals surface area contributed by atoms with Crippen LogP contribution in [-0.2, 0) is 16.6 Å². The van der Waals surface area contributed by atoms with E-state index in [9.17, 15) is 17.6 Å². The fourth-order valence-corrected chi connectivity index (χ4v) is 3.74. The Hall–Kier alpha value is -2.84. The van der Waals surface area contributed by atoms with Crippen molar-refractivity contribution >= 4 is 10.0 Å². The van der Waals surface area contributed by atoms with Crippen LogP contribution in [0.2, 0.25) is 0 Å². The summed E-state index contributed by atoms with van der Waals surface area (Å²) in [5.74, 6) is -0.363. The minimum absolute atomic E-state index is 0.00896. The zero-order chi connectivity index (χ0) is 20.3. The molecular weight excluding hydrogens is 381 g/mol. The van der Waals surface area contributed by atoms with Crippen molar-refractivity contribution in [1.82, 2.24) is 14.5 Å². The Labute approximate surface area is 162 Å². The molecule has 0 saturated carbocycles. The van der Waals surface area contributed by atoms with Crippen molar-refractivity contribution in [3.8, 4) is 11.3 Å². The van der Waals surface area contributed by atoms with Crippen molar-refractivity contribution in [1.29, 1.82) is 0 Å². The molecule has 0 amide bonds. The summed E-state index contributed by atoms with van der Waals surface area (Å²) >= 11 is 0. The number of rotatable bonds is 6. The second kappa shape index (κ2) is 8.04. The molecule has 3 aromatic rings. The van der Waals surface area contributed by atoms with Crippen LogP contribution in [0.4, 0.5) is 4.39 Å². The standard InChI is InChI=1S/C20H20FN3O3S/c1-14-3-8-18(13-15(14)2)28(26,27)22-11-12-24-20(25)10-9-19(23-24)16-4-6-17(21)7-5-16/h3-10,13,22H,11-12H2,1-2H3. The van der Waals surface area contributed by atoms with Gasteiger partial charge < -0.3 is 0 Å². The van der Waals surface area contributed by atoms with E-state index in [1.165, 1.54) is 22.9 Å². The SMILES string of the molecule is Cc1ccc(S(=O)(=O)NCCn2nc(-c3ccc(F)cc3)ccc2=O)cc1C. The van der Waals surface area contributed by atoms with Gasteiger partial charge in [-0.1, -0.05) is 6.07 Å². The van der Waals surface area contributed by atoms with Crippen LogP contribution in [0.1, 0.15) is 11.1 Å². The third kappa shape index (κ3) is 4.52. The molecular formula is C20H20FN3O3S. The van der Waals surface area contributed by atoms with Gasteiger partial charge >= 0.3 is 0 Å². The number of aromatic nitrogens is 2. The second-order valence-electron chi connectivity index (χ2n) is 6.43. The lowest BCUT2D eigenvalue weighted by molar-refractivity contribution is 0.548. The van der Waals surface area contributed by atoms with Crippen LogP contribution in [0.5, 0.6) is 0 Å². The van der Waals surface area contributed by atoms with Gasteiger partial charge in [-0.3, -0.25) is 4.79 Å². The summed E-state index contributed by atoms with van der Waals surface area (Å²) in [6.07, 6.45) is 0. The summed E-state index contributed by atoms with van der Waals surface area (Å²) in [5.41, 5.74) is 2.69. The molecule has 0 fully saturated rings. The Balaban J connectivity index is 1.73. The van der Waals surface area contributed by atoms with Gasteiger partial charge in [0.15, 0.2) is 0 Å². The highest BCUT2D eigenvalue weighted by molar-refractivity contribution is 7.89. The lowest BCUT2D eigenvalue weighted by Gasteiger charge is -2.10. The first-order valence-corrected chi connectivity index (χ1v) is 10.2. The van der Waals surface area contributed by atoms with Gasteiger partial charge in [-0.25, -0.2) is 22.2 Å².